The van der Waals surface area contributed by atoms with Gasteiger partial charge in [0.15, 0.2) is 0 Å². The fraction of sp³-hybridized carbons (Fsp3) is 0.474. The molecule has 2 aromatic rings. The van der Waals surface area contributed by atoms with Gasteiger partial charge in [-0.25, -0.2) is 0 Å². The third-order valence-corrected chi connectivity index (χ3v) is 4.57. The highest BCUT2D eigenvalue weighted by molar-refractivity contribution is 6.02. The van der Waals surface area contributed by atoms with Crippen LogP contribution in [0.3, 0.4) is 0 Å². The first kappa shape index (κ1) is 19.0. The average Bonchev–Trinajstić information content (AvgIpc) is 3.14. The van der Waals surface area contributed by atoms with Crippen molar-refractivity contribution in [2.75, 3.05) is 25.5 Å². The number of anilines is 1. The number of carbonyl (C=O) groups excluding carboxylic acids is 2. The summed E-state index contributed by atoms with van der Waals surface area (Å²) in [6.07, 6.45) is 9.22. The van der Waals surface area contributed by atoms with Gasteiger partial charge in [-0.2, -0.15) is 5.10 Å². The van der Waals surface area contributed by atoms with Crippen molar-refractivity contribution in [1.82, 2.24) is 19.7 Å². The predicted octanol–water partition coefficient (Wildman–Crippen LogP) is 1.95. The van der Waals surface area contributed by atoms with Gasteiger partial charge in [0.1, 0.15) is 12.2 Å². The fourth-order valence-electron chi connectivity index (χ4n) is 2.96. The number of carbonyl (C=O) groups is 2. The largest absolute Gasteiger partial charge is 0.378 e. The molecule has 0 aromatic carbocycles. The lowest BCUT2D eigenvalue weighted by Crippen LogP contribution is -2.33. The summed E-state index contributed by atoms with van der Waals surface area (Å²) in [6, 6.07) is 5.13. The third-order valence-electron chi connectivity index (χ3n) is 4.57. The quantitative estimate of drug-likeness (QED) is 0.803. The number of pyridine rings is 1. The minimum atomic E-state index is -0.314. The van der Waals surface area contributed by atoms with Gasteiger partial charge in [0.05, 0.1) is 18.0 Å². The first-order valence-corrected chi connectivity index (χ1v) is 9.22. The number of aromatic nitrogens is 3. The lowest BCUT2D eigenvalue weighted by atomic mass is 10.1. The van der Waals surface area contributed by atoms with Crippen molar-refractivity contribution in [3.05, 3.63) is 42.5 Å². The van der Waals surface area contributed by atoms with Gasteiger partial charge in [0.2, 0.25) is 5.91 Å². The van der Waals surface area contributed by atoms with Crippen LogP contribution in [-0.4, -0.2) is 57.8 Å². The Morgan fingerprint density at radius 1 is 1.37 bits per heavy atom. The molecule has 1 aliphatic rings. The monoisotopic (exact) mass is 371 g/mol. The molecule has 2 aromatic heterocycles. The van der Waals surface area contributed by atoms with Crippen LogP contribution in [0, 0.1) is 0 Å². The Morgan fingerprint density at radius 3 is 3.00 bits per heavy atom. The van der Waals surface area contributed by atoms with E-state index in [2.05, 4.69) is 15.4 Å². The molecule has 0 radical (unpaired) electrons. The topological polar surface area (TPSA) is 89.4 Å². The molecule has 1 fully saturated rings. The standard InChI is InChI=1S/C19H25N5O3/c1-23(10-8-16-6-3-5-11-27-16)18(25)14-24-13-15(12-21-24)22-19(26)17-7-2-4-9-20-17/h2,4,7,9,12-13,16H,3,5-6,8,10-11,14H2,1H3,(H,22,26). The zero-order valence-corrected chi connectivity index (χ0v) is 15.5. The molecule has 0 spiro atoms. The van der Waals surface area contributed by atoms with E-state index in [0.717, 1.165) is 25.9 Å². The Bertz CT molecular complexity index is 756. The molecule has 1 saturated heterocycles. The van der Waals surface area contributed by atoms with Crippen molar-refractivity contribution in [2.24, 2.45) is 0 Å². The van der Waals surface area contributed by atoms with Crippen LogP contribution in [0.2, 0.25) is 0 Å². The minimum Gasteiger partial charge on any atom is -0.378 e. The number of hydrogen-bond donors (Lipinski definition) is 1. The summed E-state index contributed by atoms with van der Waals surface area (Å²) >= 11 is 0. The second-order valence-corrected chi connectivity index (χ2v) is 6.69. The van der Waals surface area contributed by atoms with E-state index in [-0.39, 0.29) is 24.5 Å². The Hall–Kier alpha value is -2.74. The molecule has 8 nitrogen and oxygen atoms in total. The van der Waals surface area contributed by atoms with E-state index >= 15 is 0 Å². The van der Waals surface area contributed by atoms with Gasteiger partial charge in [-0.05, 0) is 37.8 Å². The number of likely N-dealkylation sites (N-methyl/N-ethyl adjacent to an activating group) is 1. The van der Waals surface area contributed by atoms with Crippen LogP contribution in [0.5, 0.6) is 0 Å². The van der Waals surface area contributed by atoms with Gasteiger partial charge < -0.3 is 15.0 Å². The van der Waals surface area contributed by atoms with Crippen molar-refractivity contribution in [2.45, 2.75) is 38.3 Å². The van der Waals surface area contributed by atoms with E-state index in [9.17, 15) is 9.59 Å². The van der Waals surface area contributed by atoms with E-state index in [4.69, 9.17) is 4.74 Å². The van der Waals surface area contributed by atoms with Crippen LogP contribution in [0.15, 0.2) is 36.8 Å². The van der Waals surface area contributed by atoms with Gasteiger partial charge in [0, 0.05) is 32.6 Å². The molecule has 0 aliphatic carbocycles. The molecule has 3 heterocycles. The van der Waals surface area contributed by atoms with Gasteiger partial charge in [-0.1, -0.05) is 6.07 Å². The number of rotatable bonds is 7. The summed E-state index contributed by atoms with van der Waals surface area (Å²) < 4.78 is 7.22. The molecule has 0 saturated carbocycles. The fourth-order valence-corrected chi connectivity index (χ4v) is 2.96. The number of ether oxygens (including phenoxy) is 1. The van der Waals surface area contributed by atoms with Gasteiger partial charge in [-0.3, -0.25) is 19.3 Å². The maximum absolute atomic E-state index is 12.4. The van der Waals surface area contributed by atoms with E-state index in [0.29, 0.717) is 17.9 Å². The number of hydrogen-bond acceptors (Lipinski definition) is 5. The summed E-state index contributed by atoms with van der Waals surface area (Å²) in [5.41, 5.74) is 0.850. The SMILES string of the molecule is CN(CCC1CCCCO1)C(=O)Cn1cc(NC(=O)c2ccccn2)cn1. The van der Waals surface area contributed by atoms with E-state index in [1.54, 1.807) is 42.5 Å². The molecular weight excluding hydrogens is 346 g/mol. The summed E-state index contributed by atoms with van der Waals surface area (Å²) in [6.45, 7) is 1.61. The first-order chi connectivity index (χ1) is 13.1. The molecule has 1 unspecified atom stereocenters. The number of amides is 2. The average molecular weight is 371 g/mol. The van der Waals surface area contributed by atoms with Gasteiger partial charge in [0.25, 0.3) is 5.91 Å². The summed E-state index contributed by atoms with van der Waals surface area (Å²) in [4.78, 5) is 30.2. The molecular formula is C19H25N5O3. The smallest absolute Gasteiger partial charge is 0.274 e. The Balaban J connectivity index is 1.46. The van der Waals surface area contributed by atoms with Crippen LogP contribution in [-0.2, 0) is 16.1 Å². The Morgan fingerprint density at radius 2 is 2.26 bits per heavy atom. The number of nitrogens with one attached hydrogen (secondary N) is 1. The third kappa shape index (κ3) is 5.62. The zero-order chi connectivity index (χ0) is 19.1. The van der Waals surface area contributed by atoms with Crippen LogP contribution >= 0.6 is 0 Å². The molecule has 1 N–H and O–H groups in total. The van der Waals surface area contributed by atoms with Crippen molar-refractivity contribution in [3.63, 3.8) is 0 Å². The highest BCUT2D eigenvalue weighted by Gasteiger charge is 2.17. The summed E-state index contributed by atoms with van der Waals surface area (Å²) in [5, 5.41) is 6.87. The predicted molar refractivity (Wildman–Crippen MR) is 100 cm³/mol. The highest BCUT2D eigenvalue weighted by atomic mass is 16.5. The molecule has 27 heavy (non-hydrogen) atoms. The molecule has 144 valence electrons. The van der Waals surface area contributed by atoms with Crippen molar-refractivity contribution in [3.8, 4) is 0 Å². The lowest BCUT2D eigenvalue weighted by molar-refractivity contribution is -0.131. The molecule has 0 bridgehead atoms. The van der Waals surface area contributed by atoms with Crippen LogP contribution in [0.25, 0.3) is 0 Å². The van der Waals surface area contributed by atoms with Crippen molar-refractivity contribution >= 4 is 17.5 Å². The lowest BCUT2D eigenvalue weighted by Gasteiger charge is -2.25. The van der Waals surface area contributed by atoms with E-state index < -0.39 is 0 Å². The number of nitrogens with zero attached hydrogens (tertiary/aromatic N) is 4. The van der Waals surface area contributed by atoms with Crippen molar-refractivity contribution < 1.29 is 14.3 Å². The Labute approximate surface area is 158 Å². The normalized spacial score (nSPS) is 16.7. The first-order valence-electron chi connectivity index (χ1n) is 9.22. The van der Waals surface area contributed by atoms with Crippen LogP contribution in [0.4, 0.5) is 5.69 Å². The van der Waals surface area contributed by atoms with E-state index in [1.165, 1.54) is 17.3 Å². The Kier molecular flexibility index (Phi) is 6.54. The van der Waals surface area contributed by atoms with Crippen LogP contribution < -0.4 is 5.32 Å². The highest BCUT2D eigenvalue weighted by Crippen LogP contribution is 2.16. The zero-order valence-electron chi connectivity index (χ0n) is 15.5. The molecule has 8 heteroatoms. The molecule has 1 aliphatic heterocycles. The van der Waals surface area contributed by atoms with Gasteiger partial charge in [-0.15, -0.1) is 0 Å². The summed E-state index contributed by atoms with van der Waals surface area (Å²) in [7, 11) is 1.79. The summed E-state index contributed by atoms with van der Waals surface area (Å²) in [5.74, 6) is -0.345. The maximum atomic E-state index is 12.4. The second kappa shape index (κ2) is 9.27. The maximum Gasteiger partial charge on any atom is 0.274 e. The second-order valence-electron chi connectivity index (χ2n) is 6.69. The minimum absolute atomic E-state index is 0.0310. The van der Waals surface area contributed by atoms with Crippen molar-refractivity contribution in [1.29, 1.82) is 0 Å². The molecule has 2 amide bonds. The molecule has 1 atom stereocenters. The van der Waals surface area contributed by atoms with Crippen LogP contribution in [0.1, 0.15) is 36.2 Å². The van der Waals surface area contributed by atoms with E-state index in [1.807, 2.05) is 0 Å². The van der Waals surface area contributed by atoms with Gasteiger partial charge >= 0.3 is 0 Å². The molecule has 3 rings (SSSR count).